The number of para-hydroxylation sites is 1. The van der Waals surface area contributed by atoms with Crippen LogP contribution in [-0.4, -0.2) is 30.7 Å². The standard InChI is InChI=1S/C18H16N2O6/c21-18(19-13-5-6-24-15-4-2-1-3-11(13)15)12-9-16-17(26-8-7-25-16)10-14(12)20(22)23/h1-4,9-10,13H,5-8H2,(H,19,21). The largest absolute Gasteiger partial charge is 0.493 e. The minimum absolute atomic E-state index is 0.0526. The zero-order valence-corrected chi connectivity index (χ0v) is 13.8. The van der Waals surface area contributed by atoms with Crippen molar-refractivity contribution >= 4 is 11.6 Å². The highest BCUT2D eigenvalue weighted by atomic mass is 16.6. The Morgan fingerprint density at radius 2 is 1.73 bits per heavy atom. The lowest BCUT2D eigenvalue weighted by Crippen LogP contribution is -2.32. The highest BCUT2D eigenvalue weighted by Crippen LogP contribution is 2.37. The first-order valence-corrected chi connectivity index (χ1v) is 8.24. The summed E-state index contributed by atoms with van der Waals surface area (Å²) < 4.78 is 16.4. The Bertz CT molecular complexity index is 882. The van der Waals surface area contributed by atoms with Crippen molar-refractivity contribution in [1.29, 1.82) is 0 Å². The molecular formula is C18H16N2O6. The van der Waals surface area contributed by atoms with Crippen molar-refractivity contribution in [2.75, 3.05) is 19.8 Å². The predicted molar refractivity (Wildman–Crippen MR) is 90.8 cm³/mol. The third kappa shape index (κ3) is 2.90. The molecule has 0 radical (unpaired) electrons. The molecule has 2 heterocycles. The molecule has 0 saturated heterocycles. The van der Waals surface area contributed by atoms with Crippen LogP contribution in [0.1, 0.15) is 28.4 Å². The lowest BCUT2D eigenvalue weighted by atomic mass is 10.00. The first-order valence-electron chi connectivity index (χ1n) is 8.24. The molecule has 26 heavy (non-hydrogen) atoms. The van der Waals surface area contributed by atoms with Gasteiger partial charge in [0, 0.05) is 18.1 Å². The first kappa shape index (κ1) is 16.2. The van der Waals surface area contributed by atoms with E-state index >= 15 is 0 Å². The van der Waals surface area contributed by atoms with Gasteiger partial charge in [-0.2, -0.15) is 0 Å². The Balaban J connectivity index is 1.65. The number of ether oxygens (including phenoxy) is 3. The van der Waals surface area contributed by atoms with Crippen LogP contribution in [0.25, 0.3) is 0 Å². The average molecular weight is 356 g/mol. The Morgan fingerprint density at radius 1 is 1.04 bits per heavy atom. The van der Waals surface area contributed by atoms with E-state index in [0.717, 1.165) is 5.56 Å². The predicted octanol–water partition coefficient (Wildman–Crippen LogP) is 2.62. The molecule has 1 unspecified atom stereocenters. The molecule has 0 aromatic heterocycles. The van der Waals surface area contributed by atoms with Gasteiger partial charge in [-0.3, -0.25) is 14.9 Å². The topological polar surface area (TPSA) is 99.9 Å². The van der Waals surface area contributed by atoms with E-state index in [1.54, 1.807) is 0 Å². The summed E-state index contributed by atoms with van der Waals surface area (Å²) in [5, 5.41) is 14.3. The fourth-order valence-electron chi connectivity index (χ4n) is 3.14. The highest BCUT2D eigenvalue weighted by Gasteiger charge is 2.29. The number of carbonyl (C=O) groups is 1. The molecule has 1 N–H and O–H groups in total. The van der Waals surface area contributed by atoms with Crippen LogP contribution in [0.2, 0.25) is 0 Å². The van der Waals surface area contributed by atoms with E-state index in [1.807, 2.05) is 24.3 Å². The van der Waals surface area contributed by atoms with Crippen LogP contribution in [0, 0.1) is 10.1 Å². The van der Waals surface area contributed by atoms with Crippen molar-refractivity contribution in [2.45, 2.75) is 12.5 Å². The second-order valence-corrected chi connectivity index (χ2v) is 5.97. The summed E-state index contributed by atoms with van der Waals surface area (Å²) in [6, 6.07) is 9.75. The van der Waals surface area contributed by atoms with Gasteiger partial charge in [0.1, 0.15) is 24.5 Å². The SMILES string of the molecule is O=C(NC1CCOc2ccccc21)c1cc2c(cc1[N+](=O)[O-])OCCO2. The van der Waals surface area contributed by atoms with Crippen molar-refractivity contribution in [3.63, 3.8) is 0 Å². The van der Waals surface area contributed by atoms with E-state index < -0.39 is 10.8 Å². The molecule has 4 rings (SSSR count). The van der Waals surface area contributed by atoms with Gasteiger partial charge in [-0.05, 0) is 6.07 Å². The van der Waals surface area contributed by atoms with Crippen LogP contribution in [0.4, 0.5) is 5.69 Å². The number of nitro benzene ring substituents is 1. The maximum absolute atomic E-state index is 12.8. The summed E-state index contributed by atoms with van der Waals surface area (Å²) in [4.78, 5) is 23.6. The number of fused-ring (bicyclic) bond motifs is 2. The molecule has 2 aromatic rings. The van der Waals surface area contributed by atoms with Crippen LogP contribution in [0.15, 0.2) is 36.4 Å². The van der Waals surface area contributed by atoms with Crippen LogP contribution in [0.5, 0.6) is 17.2 Å². The molecule has 8 heteroatoms. The van der Waals surface area contributed by atoms with E-state index in [4.69, 9.17) is 14.2 Å². The van der Waals surface area contributed by atoms with Crippen LogP contribution < -0.4 is 19.5 Å². The lowest BCUT2D eigenvalue weighted by molar-refractivity contribution is -0.385. The molecular weight excluding hydrogens is 340 g/mol. The number of rotatable bonds is 3. The Kier molecular flexibility index (Phi) is 4.08. The number of nitro groups is 1. The summed E-state index contributed by atoms with van der Waals surface area (Å²) in [7, 11) is 0. The smallest absolute Gasteiger partial charge is 0.286 e. The van der Waals surface area contributed by atoms with Crippen LogP contribution in [0.3, 0.4) is 0 Å². The Morgan fingerprint density at radius 3 is 2.50 bits per heavy atom. The summed E-state index contributed by atoms with van der Waals surface area (Å²) in [5.74, 6) is 0.784. The Hall–Kier alpha value is -3.29. The van der Waals surface area contributed by atoms with Crippen molar-refractivity contribution < 1.29 is 23.9 Å². The second kappa shape index (κ2) is 6.55. The number of carbonyl (C=O) groups excluding carboxylic acids is 1. The maximum Gasteiger partial charge on any atom is 0.286 e. The van der Waals surface area contributed by atoms with E-state index in [9.17, 15) is 14.9 Å². The van der Waals surface area contributed by atoms with E-state index in [0.29, 0.717) is 37.7 Å². The monoisotopic (exact) mass is 356 g/mol. The number of benzene rings is 2. The molecule has 8 nitrogen and oxygen atoms in total. The normalized spacial score (nSPS) is 17.6. The second-order valence-electron chi connectivity index (χ2n) is 5.97. The van der Waals surface area contributed by atoms with Gasteiger partial charge in [0.05, 0.1) is 23.6 Å². The summed E-state index contributed by atoms with van der Waals surface area (Å²) in [5.41, 5.74) is 0.489. The van der Waals surface area contributed by atoms with Crippen molar-refractivity contribution in [2.24, 2.45) is 0 Å². The summed E-state index contributed by atoms with van der Waals surface area (Å²) in [6.45, 7) is 1.11. The van der Waals surface area contributed by atoms with Gasteiger partial charge in [-0.15, -0.1) is 0 Å². The third-order valence-corrected chi connectivity index (χ3v) is 4.37. The molecule has 0 aliphatic carbocycles. The summed E-state index contributed by atoms with van der Waals surface area (Å²) >= 11 is 0. The van der Waals surface area contributed by atoms with Crippen LogP contribution >= 0.6 is 0 Å². The molecule has 0 saturated carbocycles. The van der Waals surface area contributed by atoms with Crippen molar-refractivity contribution in [3.05, 3.63) is 57.6 Å². The van der Waals surface area contributed by atoms with Gasteiger partial charge < -0.3 is 19.5 Å². The van der Waals surface area contributed by atoms with E-state index in [1.165, 1.54) is 12.1 Å². The third-order valence-electron chi connectivity index (χ3n) is 4.37. The minimum Gasteiger partial charge on any atom is -0.493 e. The van der Waals surface area contributed by atoms with E-state index in [-0.39, 0.29) is 23.0 Å². The van der Waals surface area contributed by atoms with Gasteiger partial charge in [0.2, 0.25) is 0 Å². The van der Waals surface area contributed by atoms with Gasteiger partial charge in [0.15, 0.2) is 11.5 Å². The summed E-state index contributed by atoms with van der Waals surface area (Å²) in [6.07, 6.45) is 0.584. The lowest BCUT2D eigenvalue weighted by Gasteiger charge is -2.26. The number of nitrogens with one attached hydrogen (secondary N) is 1. The molecule has 2 aliphatic rings. The van der Waals surface area contributed by atoms with Crippen molar-refractivity contribution in [3.8, 4) is 17.2 Å². The molecule has 1 amide bonds. The fourth-order valence-corrected chi connectivity index (χ4v) is 3.14. The van der Waals surface area contributed by atoms with Gasteiger partial charge in [-0.1, -0.05) is 18.2 Å². The van der Waals surface area contributed by atoms with Gasteiger partial charge in [0.25, 0.3) is 11.6 Å². The van der Waals surface area contributed by atoms with Crippen LogP contribution in [-0.2, 0) is 0 Å². The molecule has 0 fully saturated rings. The van der Waals surface area contributed by atoms with Gasteiger partial charge >= 0.3 is 0 Å². The Labute approximate surface area is 148 Å². The van der Waals surface area contributed by atoms with E-state index in [2.05, 4.69) is 5.32 Å². The molecule has 2 aromatic carbocycles. The maximum atomic E-state index is 12.8. The molecule has 1 atom stereocenters. The number of hydrogen-bond acceptors (Lipinski definition) is 6. The number of nitrogens with zero attached hydrogens (tertiary/aromatic N) is 1. The zero-order valence-electron chi connectivity index (χ0n) is 13.8. The first-order chi connectivity index (χ1) is 12.6. The quantitative estimate of drug-likeness (QED) is 0.670. The highest BCUT2D eigenvalue weighted by molar-refractivity contribution is 5.99. The molecule has 2 aliphatic heterocycles. The number of hydrogen-bond donors (Lipinski definition) is 1. The molecule has 0 bridgehead atoms. The number of amides is 1. The van der Waals surface area contributed by atoms with Gasteiger partial charge in [-0.25, -0.2) is 0 Å². The molecule has 0 spiro atoms. The molecule has 134 valence electrons. The van der Waals surface area contributed by atoms with Crippen molar-refractivity contribution in [1.82, 2.24) is 5.32 Å². The fraction of sp³-hybridized carbons (Fsp3) is 0.278. The minimum atomic E-state index is -0.592. The zero-order chi connectivity index (χ0) is 18.1. The average Bonchev–Trinajstić information content (AvgIpc) is 2.67.